The Labute approximate surface area is 247 Å². The van der Waals surface area contributed by atoms with Gasteiger partial charge in [0.1, 0.15) is 28.0 Å². The van der Waals surface area contributed by atoms with Crippen molar-refractivity contribution in [2.45, 2.75) is 45.6 Å². The van der Waals surface area contributed by atoms with Crippen LogP contribution in [0.25, 0.3) is 0 Å². The lowest BCUT2D eigenvalue weighted by Gasteiger charge is -2.22. The van der Waals surface area contributed by atoms with E-state index in [1.807, 2.05) is 36.4 Å². The predicted octanol–water partition coefficient (Wildman–Crippen LogP) is 4.53. The van der Waals surface area contributed by atoms with Gasteiger partial charge in [0.25, 0.3) is 0 Å². The van der Waals surface area contributed by atoms with Crippen LogP contribution in [0.15, 0.2) is 48.5 Å². The number of ether oxygens (including phenoxy) is 2. The van der Waals surface area contributed by atoms with Gasteiger partial charge in [0.15, 0.2) is 5.78 Å². The van der Waals surface area contributed by atoms with E-state index in [4.69, 9.17) is 9.47 Å². The number of carbonyl (C=O) groups is 2. The molecule has 1 aromatic heterocycles. The van der Waals surface area contributed by atoms with Gasteiger partial charge in [-0.15, -0.1) is 11.3 Å². The average molecular weight is 602 g/mol. The van der Waals surface area contributed by atoms with Gasteiger partial charge in [-0.3, -0.25) is 9.59 Å². The maximum absolute atomic E-state index is 13.4. The molecule has 41 heavy (non-hydrogen) atoms. The molecule has 0 aliphatic heterocycles. The van der Waals surface area contributed by atoms with Crippen LogP contribution in [0.3, 0.4) is 0 Å². The quantitative estimate of drug-likeness (QED) is 0.222. The number of hydrogen-bond donors (Lipinski definition) is 0. The Morgan fingerprint density at radius 2 is 1.71 bits per heavy atom. The standard InChI is InChI=1S/C30H39N3O6S2/c1-22-30(26(34)21-41(36,37)32(2)3)31-28(40-22)20-33(18-10-13-23-11-7-6-8-12-23)29(35)15-9-14-24-19-25(38-4)16-17-27(24)39-5/h6-8,11-12,16-17,19H,9-10,13-15,18,20-21H2,1-5H3. The van der Waals surface area contributed by atoms with E-state index in [1.165, 1.54) is 31.0 Å². The Balaban J connectivity index is 1.71. The van der Waals surface area contributed by atoms with E-state index >= 15 is 0 Å². The number of methoxy groups -OCH3 is 2. The van der Waals surface area contributed by atoms with Crippen LogP contribution in [0, 0.1) is 6.92 Å². The first-order chi connectivity index (χ1) is 19.5. The Bertz CT molecular complexity index is 1420. The molecule has 3 aromatic rings. The van der Waals surface area contributed by atoms with Crippen LogP contribution in [0.5, 0.6) is 11.5 Å². The fraction of sp³-hybridized carbons (Fsp3) is 0.433. The average Bonchev–Trinajstić information content (AvgIpc) is 3.32. The summed E-state index contributed by atoms with van der Waals surface area (Å²) in [5.74, 6) is 0.295. The van der Waals surface area contributed by atoms with Crippen molar-refractivity contribution in [2.24, 2.45) is 0 Å². The fourth-order valence-electron chi connectivity index (χ4n) is 4.38. The summed E-state index contributed by atoms with van der Waals surface area (Å²) in [5.41, 5.74) is 2.32. The number of aromatic nitrogens is 1. The number of amides is 1. The van der Waals surface area contributed by atoms with Gasteiger partial charge in [0.05, 0.1) is 20.8 Å². The van der Waals surface area contributed by atoms with Crippen molar-refractivity contribution in [3.05, 3.63) is 75.2 Å². The zero-order valence-electron chi connectivity index (χ0n) is 24.4. The molecule has 1 heterocycles. The third-order valence-corrected chi connectivity index (χ3v) is 9.41. The molecule has 3 rings (SSSR count). The molecule has 0 aliphatic carbocycles. The molecule has 0 radical (unpaired) electrons. The van der Waals surface area contributed by atoms with Crippen molar-refractivity contribution in [3.8, 4) is 11.5 Å². The number of nitrogens with zero attached hydrogens (tertiary/aromatic N) is 3. The minimum absolute atomic E-state index is 0.00385. The number of benzene rings is 2. The normalized spacial score (nSPS) is 11.5. The smallest absolute Gasteiger partial charge is 0.222 e. The molecule has 1 amide bonds. The van der Waals surface area contributed by atoms with Crippen LogP contribution < -0.4 is 9.47 Å². The van der Waals surface area contributed by atoms with Gasteiger partial charge in [-0.2, -0.15) is 0 Å². The van der Waals surface area contributed by atoms with Crippen molar-refractivity contribution < 1.29 is 27.5 Å². The molecule has 0 fully saturated rings. The number of carbonyl (C=O) groups excluding carboxylic acids is 2. The molecular formula is C30H39N3O6S2. The predicted molar refractivity (Wildman–Crippen MR) is 161 cm³/mol. The summed E-state index contributed by atoms with van der Waals surface area (Å²) in [7, 11) is 2.32. The van der Waals surface area contributed by atoms with Gasteiger partial charge < -0.3 is 14.4 Å². The van der Waals surface area contributed by atoms with Crippen LogP contribution in [-0.2, 0) is 34.2 Å². The van der Waals surface area contributed by atoms with E-state index < -0.39 is 21.6 Å². The summed E-state index contributed by atoms with van der Waals surface area (Å²) >= 11 is 1.32. The zero-order chi connectivity index (χ0) is 30.0. The van der Waals surface area contributed by atoms with E-state index in [0.717, 1.165) is 34.2 Å². The molecule has 0 atom stereocenters. The highest BCUT2D eigenvalue weighted by atomic mass is 32.2. The van der Waals surface area contributed by atoms with Crippen LogP contribution in [0.4, 0.5) is 0 Å². The SMILES string of the molecule is COc1ccc(OC)c(CCCC(=O)N(CCCc2ccccc2)Cc2nc(C(=O)CS(=O)(=O)N(C)C)c(C)s2)c1. The van der Waals surface area contributed by atoms with Gasteiger partial charge in [-0.05, 0) is 61.9 Å². The van der Waals surface area contributed by atoms with E-state index in [2.05, 4.69) is 17.1 Å². The molecule has 2 aromatic carbocycles. The number of Topliss-reactive ketones (excluding diaryl/α,β-unsaturated/α-hetero) is 1. The number of thiazole rings is 1. The molecular weight excluding hydrogens is 562 g/mol. The zero-order valence-corrected chi connectivity index (χ0v) is 26.0. The third-order valence-electron chi connectivity index (χ3n) is 6.71. The maximum atomic E-state index is 13.4. The largest absolute Gasteiger partial charge is 0.497 e. The molecule has 0 spiro atoms. The van der Waals surface area contributed by atoms with Gasteiger partial charge >= 0.3 is 0 Å². The van der Waals surface area contributed by atoms with Gasteiger partial charge in [0.2, 0.25) is 15.9 Å². The third kappa shape index (κ3) is 9.37. The minimum atomic E-state index is -3.70. The Kier molecular flexibility index (Phi) is 11.9. The second-order valence-corrected chi connectivity index (χ2v) is 13.4. The van der Waals surface area contributed by atoms with E-state index in [0.29, 0.717) is 35.7 Å². The first-order valence-corrected chi connectivity index (χ1v) is 15.9. The lowest BCUT2D eigenvalue weighted by Crippen LogP contribution is -2.32. The number of rotatable bonds is 16. The first-order valence-electron chi connectivity index (χ1n) is 13.5. The van der Waals surface area contributed by atoms with Crippen LogP contribution in [0.2, 0.25) is 0 Å². The summed E-state index contributed by atoms with van der Waals surface area (Å²) in [4.78, 5) is 33.1. The fourth-order valence-corrected chi connectivity index (χ4v) is 6.07. The molecule has 0 N–H and O–H groups in total. The summed E-state index contributed by atoms with van der Waals surface area (Å²) in [6, 6.07) is 15.7. The number of sulfonamides is 1. The van der Waals surface area contributed by atoms with E-state index in [1.54, 1.807) is 26.0 Å². The van der Waals surface area contributed by atoms with Gasteiger partial charge in [-0.25, -0.2) is 17.7 Å². The minimum Gasteiger partial charge on any atom is -0.497 e. The summed E-state index contributed by atoms with van der Waals surface area (Å²) < 4.78 is 36.3. The Hall–Kier alpha value is -3.28. The molecule has 0 saturated carbocycles. The molecule has 0 aliphatic rings. The highest BCUT2D eigenvalue weighted by Crippen LogP contribution is 2.26. The van der Waals surface area contributed by atoms with Crippen molar-refractivity contribution >= 4 is 33.1 Å². The molecule has 0 unspecified atom stereocenters. The van der Waals surface area contributed by atoms with Crippen molar-refractivity contribution in [1.82, 2.24) is 14.2 Å². The van der Waals surface area contributed by atoms with Crippen LogP contribution in [-0.4, -0.2) is 74.9 Å². The Morgan fingerprint density at radius 1 is 0.976 bits per heavy atom. The van der Waals surface area contributed by atoms with Gasteiger partial charge in [0, 0.05) is 31.9 Å². The van der Waals surface area contributed by atoms with E-state index in [9.17, 15) is 18.0 Å². The second-order valence-electron chi connectivity index (χ2n) is 9.91. The van der Waals surface area contributed by atoms with Crippen LogP contribution >= 0.6 is 11.3 Å². The highest BCUT2D eigenvalue weighted by molar-refractivity contribution is 7.89. The summed E-state index contributed by atoms with van der Waals surface area (Å²) in [6.45, 7) is 2.54. The monoisotopic (exact) mass is 601 g/mol. The van der Waals surface area contributed by atoms with Crippen LogP contribution in [0.1, 0.15) is 50.8 Å². The summed E-state index contributed by atoms with van der Waals surface area (Å²) in [6.07, 6.45) is 3.22. The highest BCUT2D eigenvalue weighted by Gasteiger charge is 2.25. The number of aryl methyl sites for hydroxylation is 3. The van der Waals surface area contributed by atoms with Crippen molar-refractivity contribution in [1.29, 1.82) is 0 Å². The lowest BCUT2D eigenvalue weighted by atomic mass is 10.1. The van der Waals surface area contributed by atoms with Crippen molar-refractivity contribution in [2.75, 3.05) is 40.6 Å². The van der Waals surface area contributed by atoms with Crippen molar-refractivity contribution in [3.63, 3.8) is 0 Å². The molecule has 222 valence electrons. The topological polar surface area (TPSA) is 106 Å². The Morgan fingerprint density at radius 3 is 2.37 bits per heavy atom. The molecule has 0 bridgehead atoms. The van der Waals surface area contributed by atoms with E-state index in [-0.39, 0.29) is 18.1 Å². The number of hydrogen-bond acceptors (Lipinski definition) is 8. The lowest BCUT2D eigenvalue weighted by molar-refractivity contribution is -0.132. The molecule has 9 nitrogen and oxygen atoms in total. The van der Waals surface area contributed by atoms with Gasteiger partial charge in [-0.1, -0.05) is 30.3 Å². The first kappa shape index (κ1) is 32.2. The molecule has 0 saturated heterocycles. The second kappa shape index (κ2) is 15.1. The number of ketones is 1. The molecule has 11 heteroatoms. The maximum Gasteiger partial charge on any atom is 0.222 e. The summed E-state index contributed by atoms with van der Waals surface area (Å²) in [5, 5.41) is 0.607.